The van der Waals surface area contributed by atoms with Crippen LogP contribution in [0.1, 0.15) is 15.9 Å². The van der Waals surface area contributed by atoms with Crippen molar-refractivity contribution >= 4 is 35.2 Å². The summed E-state index contributed by atoms with van der Waals surface area (Å²) in [7, 11) is 1.31. The molecule has 0 aromatic heterocycles. The van der Waals surface area contributed by atoms with Crippen LogP contribution in [0, 0.1) is 0 Å². The summed E-state index contributed by atoms with van der Waals surface area (Å²) in [4.78, 5) is 23.3. The van der Waals surface area contributed by atoms with Crippen LogP contribution in [-0.4, -0.2) is 19.0 Å². The fraction of sp³-hybridized carbons (Fsp3) is 0.0588. The number of hydrogen-bond donors (Lipinski definition) is 1. The Balaban J connectivity index is 2.04. The third kappa shape index (κ3) is 4.46. The Labute approximate surface area is 133 Å². The summed E-state index contributed by atoms with van der Waals surface area (Å²) in [5.41, 5.74) is 1.72. The second-order valence-electron chi connectivity index (χ2n) is 4.45. The van der Waals surface area contributed by atoms with Gasteiger partial charge < -0.3 is 10.1 Å². The summed E-state index contributed by atoms with van der Waals surface area (Å²) >= 11 is 5.87. The minimum Gasteiger partial charge on any atom is -0.465 e. The number of nitrogens with one attached hydrogen (secondary N) is 1. The number of rotatable bonds is 4. The monoisotopic (exact) mass is 315 g/mol. The molecule has 0 radical (unpaired) electrons. The summed E-state index contributed by atoms with van der Waals surface area (Å²) < 4.78 is 4.63. The van der Waals surface area contributed by atoms with Crippen LogP contribution in [0.3, 0.4) is 0 Å². The molecule has 2 aromatic carbocycles. The average molecular weight is 316 g/mol. The Morgan fingerprint density at radius 2 is 1.91 bits per heavy atom. The standard InChI is InChI=1S/C17H14ClNO3/c1-22-17(21)13-5-3-7-15(11-13)19-16(20)9-8-12-4-2-6-14(18)10-12/h2-11H,1H3,(H,19,20)/b9-8+. The van der Waals surface area contributed by atoms with E-state index in [0.717, 1.165) is 5.56 Å². The highest BCUT2D eigenvalue weighted by Gasteiger charge is 2.06. The maximum absolute atomic E-state index is 11.9. The Bertz CT molecular complexity index is 725. The zero-order chi connectivity index (χ0) is 15.9. The van der Waals surface area contributed by atoms with E-state index in [0.29, 0.717) is 16.3 Å². The van der Waals surface area contributed by atoms with Crippen LogP contribution >= 0.6 is 11.6 Å². The van der Waals surface area contributed by atoms with Gasteiger partial charge in [0, 0.05) is 16.8 Å². The summed E-state index contributed by atoms with van der Waals surface area (Å²) in [6.07, 6.45) is 3.06. The fourth-order valence-electron chi connectivity index (χ4n) is 1.81. The second kappa shape index (κ2) is 7.43. The molecule has 0 aliphatic rings. The Morgan fingerprint density at radius 1 is 1.14 bits per heavy atom. The predicted molar refractivity (Wildman–Crippen MR) is 86.9 cm³/mol. The first-order valence-electron chi connectivity index (χ1n) is 6.51. The van der Waals surface area contributed by atoms with Crippen LogP contribution in [-0.2, 0) is 9.53 Å². The molecule has 0 heterocycles. The molecule has 2 rings (SSSR count). The van der Waals surface area contributed by atoms with Crippen LogP contribution in [0.2, 0.25) is 5.02 Å². The molecule has 5 heteroatoms. The van der Waals surface area contributed by atoms with Gasteiger partial charge in [0.15, 0.2) is 0 Å². The van der Waals surface area contributed by atoms with Crippen molar-refractivity contribution in [3.05, 3.63) is 70.8 Å². The minimum absolute atomic E-state index is 0.304. The summed E-state index contributed by atoms with van der Waals surface area (Å²) in [5.74, 6) is -0.757. The Morgan fingerprint density at radius 3 is 2.64 bits per heavy atom. The molecule has 0 bridgehead atoms. The molecule has 22 heavy (non-hydrogen) atoms. The average Bonchev–Trinajstić information content (AvgIpc) is 2.52. The maximum Gasteiger partial charge on any atom is 0.337 e. The number of halogens is 1. The highest BCUT2D eigenvalue weighted by Crippen LogP contribution is 2.13. The quantitative estimate of drug-likeness (QED) is 0.690. The minimum atomic E-state index is -0.453. The Hall–Kier alpha value is -2.59. The van der Waals surface area contributed by atoms with Gasteiger partial charge in [0.05, 0.1) is 12.7 Å². The number of hydrogen-bond acceptors (Lipinski definition) is 3. The zero-order valence-electron chi connectivity index (χ0n) is 11.9. The first kappa shape index (κ1) is 15.8. The van der Waals surface area contributed by atoms with Gasteiger partial charge in [-0.05, 0) is 42.0 Å². The van der Waals surface area contributed by atoms with Crippen LogP contribution < -0.4 is 5.32 Å². The van der Waals surface area contributed by atoms with E-state index in [4.69, 9.17) is 11.6 Å². The second-order valence-corrected chi connectivity index (χ2v) is 4.89. The van der Waals surface area contributed by atoms with Gasteiger partial charge in [-0.3, -0.25) is 4.79 Å². The molecule has 0 saturated heterocycles. The van der Waals surface area contributed by atoms with E-state index < -0.39 is 5.97 Å². The summed E-state index contributed by atoms with van der Waals surface area (Å²) in [5, 5.41) is 3.28. The SMILES string of the molecule is COC(=O)c1cccc(NC(=O)/C=C/c2cccc(Cl)c2)c1. The van der Waals surface area contributed by atoms with Gasteiger partial charge in [0.2, 0.25) is 5.91 Å². The third-order valence-corrected chi connectivity index (χ3v) is 3.06. The van der Waals surface area contributed by atoms with Crippen molar-refractivity contribution < 1.29 is 14.3 Å². The lowest BCUT2D eigenvalue weighted by Gasteiger charge is -2.04. The summed E-state index contributed by atoms with van der Waals surface area (Å²) in [6.45, 7) is 0. The molecule has 0 aliphatic heterocycles. The van der Waals surface area contributed by atoms with Gasteiger partial charge in [-0.15, -0.1) is 0 Å². The lowest BCUT2D eigenvalue weighted by atomic mass is 10.2. The van der Waals surface area contributed by atoms with E-state index >= 15 is 0 Å². The Kier molecular flexibility index (Phi) is 5.33. The zero-order valence-corrected chi connectivity index (χ0v) is 12.6. The molecule has 0 saturated carbocycles. The number of amides is 1. The molecular weight excluding hydrogens is 302 g/mol. The van der Waals surface area contributed by atoms with Crippen molar-refractivity contribution in [1.82, 2.24) is 0 Å². The van der Waals surface area contributed by atoms with E-state index in [9.17, 15) is 9.59 Å². The highest BCUT2D eigenvalue weighted by atomic mass is 35.5. The number of ether oxygens (including phenoxy) is 1. The van der Waals surface area contributed by atoms with Crippen molar-refractivity contribution in [2.45, 2.75) is 0 Å². The molecule has 0 fully saturated rings. The lowest BCUT2D eigenvalue weighted by molar-refractivity contribution is -0.111. The maximum atomic E-state index is 11.9. The predicted octanol–water partition coefficient (Wildman–Crippen LogP) is 3.78. The van der Waals surface area contributed by atoms with Crippen molar-refractivity contribution in [3.8, 4) is 0 Å². The van der Waals surface area contributed by atoms with Crippen molar-refractivity contribution in [1.29, 1.82) is 0 Å². The molecule has 4 nitrogen and oxygen atoms in total. The van der Waals surface area contributed by atoms with E-state index in [1.165, 1.54) is 13.2 Å². The number of carbonyl (C=O) groups is 2. The van der Waals surface area contributed by atoms with Crippen LogP contribution in [0.25, 0.3) is 6.08 Å². The number of anilines is 1. The molecule has 0 aliphatic carbocycles. The topological polar surface area (TPSA) is 55.4 Å². The number of esters is 1. The van der Waals surface area contributed by atoms with E-state index in [1.807, 2.05) is 6.07 Å². The molecule has 1 amide bonds. The van der Waals surface area contributed by atoms with Gasteiger partial charge in [0.25, 0.3) is 0 Å². The van der Waals surface area contributed by atoms with Crippen LogP contribution in [0.15, 0.2) is 54.6 Å². The van der Waals surface area contributed by atoms with E-state index in [2.05, 4.69) is 10.1 Å². The normalized spacial score (nSPS) is 10.5. The highest BCUT2D eigenvalue weighted by molar-refractivity contribution is 6.30. The largest absolute Gasteiger partial charge is 0.465 e. The number of benzene rings is 2. The fourth-order valence-corrected chi connectivity index (χ4v) is 2.01. The van der Waals surface area contributed by atoms with Crippen molar-refractivity contribution in [2.24, 2.45) is 0 Å². The van der Waals surface area contributed by atoms with Gasteiger partial charge in [-0.1, -0.05) is 29.8 Å². The van der Waals surface area contributed by atoms with Gasteiger partial charge in [-0.25, -0.2) is 4.79 Å². The van der Waals surface area contributed by atoms with E-state index in [-0.39, 0.29) is 5.91 Å². The molecule has 0 spiro atoms. The number of carbonyl (C=O) groups excluding carboxylic acids is 2. The molecular formula is C17H14ClNO3. The summed E-state index contributed by atoms with van der Waals surface area (Å²) in [6, 6.07) is 13.7. The first-order valence-corrected chi connectivity index (χ1v) is 6.89. The molecule has 1 N–H and O–H groups in total. The van der Waals surface area contributed by atoms with Crippen LogP contribution in [0.5, 0.6) is 0 Å². The van der Waals surface area contributed by atoms with Gasteiger partial charge in [-0.2, -0.15) is 0 Å². The van der Waals surface area contributed by atoms with Gasteiger partial charge >= 0.3 is 5.97 Å². The van der Waals surface area contributed by atoms with Crippen LogP contribution in [0.4, 0.5) is 5.69 Å². The van der Waals surface area contributed by atoms with E-state index in [1.54, 1.807) is 48.5 Å². The van der Waals surface area contributed by atoms with Crippen molar-refractivity contribution in [2.75, 3.05) is 12.4 Å². The molecule has 0 atom stereocenters. The molecule has 112 valence electrons. The van der Waals surface area contributed by atoms with Crippen molar-refractivity contribution in [3.63, 3.8) is 0 Å². The van der Waals surface area contributed by atoms with Gasteiger partial charge in [0.1, 0.15) is 0 Å². The lowest BCUT2D eigenvalue weighted by Crippen LogP contribution is -2.09. The first-order chi connectivity index (χ1) is 10.6. The smallest absolute Gasteiger partial charge is 0.337 e. The third-order valence-electron chi connectivity index (χ3n) is 2.83. The number of methoxy groups -OCH3 is 1. The molecule has 0 unspecified atom stereocenters. The molecule has 2 aromatic rings.